The van der Waals surface area contributed by atoms with E-state index >= 15 is 0 Å². The smallest absolute Gasteiger partial charge is 0.273 e. The monoisotopic (exact) mass is 427 g/mol. The van der Waals surface area contributed by atoms with Crippen LogP contribution in [0.4, 0.5) is 11.4 Å². The van der Waals surface area contributed by atoms with E-state index in [1.807, 2.05) is 24.3 Å². The molecule has 1 aromatic heterocycles. The fraction of sp³-hybridized carbons (Fsp3) is 0. The number of hydrogen-bond donors (Lipinski definition) is 3. The number of nitrogens with zero attached hydrogens (tertiary/aromatic N) is 2. The molecule has 158 valence electrons. The van der Waals surface area contributed by atoms with Crippen molar-refractivity contribution in [1.29, 1.82) is 0 Å². The maximum absolute atomic E-state index is 12.6. The number of non-ortho nitro benzene ring substituents is 1. The van der Waals surface area contributed by atoms with Gasteiger partial charge >= 0.3 is 0 Å². The lowest BCUT2D eigenvalue weighted by Gasteiger charge is -2.10. The Morgan fingerprint density at radius 3 is 2.44 bits per heavy atom. The number of anilines is 1. The first-order valence-electron chi connectivity index (χ1n) is 9.57. The predicted molar refractivity (Wildman–Crippen MR) is 121 cm³/mol. The highest BCUT2D eigenvalue weighted by Gasteiger charge is 2.15. The van der Waals surface area contributed by atoms with Crippen molar-refractivity contribution in [2.75, 3.05) is 5.32 Å². The van der Waals surface area contributed by atoms with Crippen molar-refractivity contribution in [1.82, 2.24) is 10.4 Å². The first-order valence-corrected chi connectivity index (χ1v) is 9.57. The topological polar surface area (TPSA) is 129 Å². The second kappa shape index (κ2) is 8.92. The van der Waals surface area contributed by atoms with Gasteiger partial charge in [-0.15, -0.1) is 0 Å². The van der Waals surface area contributed by atoms with E-state index < -0.39 is 16.7 Å². The van der Waals surface area contributed by atoms with Crippen LogP contribution >= 0.6 is 0 Å². The normalized spacial score (nSPS) is 10.9. The number of amides is 2. The molecule has 3 N–H and O–H groups in total. The number of para-hydroxylation sites is 2. The number of benzene rings is 3. The molecule has 32 heavy (non-hydrogen) atoms. The summed E-state index contributed by atoms with van der Waals surface area (Å²) >= 11 is 0. The zero-order valence-electron chi connectivity index (χ0n) is 16.6. The van der Waals surface area contributed by atoms with E-state index in [-0.39, 0.29) is 22.5 Å². The average molecular weight is 427 g/mol. The van der Waals surface area contributed by atoms with Crippen molar-refractivity contribution >= 4 is 40.3 Å². The molecule has 9 nitrogen and oxygen atoms in total. The average Bonchev–Trinajstić information content (AvgIpc) is 3.22. The molecule has 2 amide bonds. The Kier molecular flexibility index (Phi) is 5.71. The van der Waals surface area contributed by atoms with Crippen LogP contribution in [0.15, 0.2) is 84.1 Å². The molecule has 1 heterocycles. The molecule has 0 aliphatic rings. The third-order valence-electron chi connectivity index (χ3n) is 4.75. The molecule has 0 aliphatic carbocycles. The molecule has 3 aromatic carbocycles. The zero-order valence-corrected chi connectivity index (χ0v) is 16.6. The molecule has 0 radical (unpaired) electrons. The van der Waals surface area contributed by atoms with Crippen molar-refractivity contribution < 1.29 is 14.5 Å². The van der Waals surface area contributed by atoms with Crippen LogP contribution in [0.2, 0.25) is 0 Å². The van der Waals surface area contributed by atoms with Crippen LogP contribution in [-0.4, -0.2) is 27.9 Å². The summed E-state index contributed by atoms with van der Waals surface area (Å²) in [7, 11) is 0. The minimum Gasteiger partial charge on any atom is -0.361 e. The highest BCUT2D eigenvalue weighted by molar-refractivity contribution is 6.09. The van der Waals surface area contributed by atoms with Gasteiger partial charge in [0, 0.05) is 40.4 Å². The molecule has 0 unspecified atom stereocenters. The van der Waals surface area contributed by atoms with E-state index in [1.165, 1.54) is 30.5 Å². The number of fused-ring (bicyclic) bond motifs is 1. The number of nitro benzene ring substituents is 1. The summed E-state index contributed by atoms with van der Waals surface area (Å²) in [6.07, 6.45) is 3.33. The summed E-state index contributed by atoms with van der Waals surface area (Å²) in [5.74, 6) is -0.997. The summed E-state index contributed by atoms with van der Waals surface area (Å²) in [4.78, 5) is 38.5. The molecule has 0 bridgehead atoms. The number of aromatic nitrogens is 1. The van der Waals surface area contributed by atoms with E-state index in [1.54, 1.807) is 30.5 Å². The van der Waals surface area contributed by atoms with Crippen LogP contribution in [0, 0.1) is 10.1 Å². The largest absolute Gasteiger partial charge is 0.361 e. The lowest BCUT2D eigenvalue weighted by Crippen LogP contribution is -2.21. The third-order valence-corrected chi connectivity index (χ3v) is 4.75. The van der Waals surface area contributed by atoms with Gasteiger partial charge in [-0.25, -0.2) is 5.43 Å². The molecule has 0 atom stereocenters. The van der Waals surface area contributed by atoms with Gasteiger partial charge in [-0.05, 0) is 30.3 Å². The molecule has 0 saturated heterocycles. The van der Waals surface area contributed by atoms with Gasteiger partial charge in [0.2, 0.25) is 0 Å². The SMILES string of the molecule is O=C(Nc1ccccc1C(=O)N/N=C/c1c[nH]c2ccccc12)c1ccc([N+](=O)[O-])cc1. The number of nitro groups is 1. The van der Waals surface area contributed by atoms with Crippen LogP contribution in [0.25, 0.3) is 10.9 Å². The summed E-state index contributed by atoms with van der Waals surface area (Å²) in [5.41, 5.74) is 4.86. The summed E-state index contributed by atoms with van der Waals surface area (Å²) < 4.78 is 0. The standard InChI is InChI=1S/C23H17N5O4/c29-22(15-9-11-17(12-10-15)28(31)32)26-21-8-4-2-6-19(21)23(30)27-25-14-16-13-24-20-7-3-1-5-18(16)20/h1-14,24H,(H,26,29)(H,27,30)/b25-14+. The van der Waals surface area contributed by atoms with Crippen LogP contribution in [0.3, 0.4) is 0 Å². The molecular weight excluding hydrogens is 410 g/mol. The van der Waals surface area contributed by atoms with E-state index in [0.717, 1.165) is 16.5 Å². The number of hydrogen-bond acceptors (Lipinski definition) is 5. The van der Waals surface area contributed by atoms with Gasteiger partial charge in [0.1, 0.15) is 0 Å². The first kappa shape index (κ1) is 20.5. The van der Waals surface area contributed by atoms with Gasteiger partial charge in [0.25, 0.3) is 17.5 Å². The van der Waals surface area contributed by atoms with E-state index in [9.17, 15) is 19.7 Å². The molecular formula is C23H17N5O4. The second-order valence-corrected chi connectivity index (χ2v) is 6.79. The van der Waals surface area contributed by atoms with Crippen molar-refractivity contribution in [3.05, 3.63) is 106 Å². The van der Waals surface area contributed by atoms with Gasteiger partial charge in [-0.2, -0.15) is 5.10 Å². The van der Waals surface area contributed by atoms with Crippen LogP contribution in [0.1, 0.15) is 26.3 Å². The second-order valence-electron chi connectivity index (χ2n) is 6.79. The third kappa shape index (κ3) is 4.36. The summed E-state index contributed by atoms with van der Waals surface area (Å²) in [5, 5.41) is 18.4. The number of aromatic amines is 1. The maximum atomic E-state index is 12.6. The lowest BCUT2D eigenvalue weighted by molar-refractivity contribution is -0.384. The maximum Gasteiger partial charge on any atom is 0.273 e. The Labute approximate surface area is 181 Å². The first-order chi connectivity index (χ1) is 15.5. The Morgan fingerprint density at radius 1 is 0.938 bits per heavy atom. The summed E-state index contributed by atoms with van der Waals surface area (Å²) in [6.45, 7) is 0. The Morgan fingerprint density at radius 2 is 1.66 bits per heavy atom. The van der Waals surface area contributed by atoms with Gasteiger partial charge in [-0.3, -0.25) is 19.7 Å². The minimum absolute atomic E-state index is 0.116. The fourth-order valence-corrected chi connectivity index (χ4v) is 3.14. The molecule has 0 saturated carbocycles. The quantitative estimate of drug-likeness (QED) is 0.243. The van der Waals surface area contributed by atoms with E-state index in [2.05, 4.69) is 20.8 Å². The van der Waals surface area contributed by atoms with Gasteiger partial charge in [0.15, 0.2) is 0 Å². The highest BCUT2D eigenvalue weighted by Crippen LogP contribution is 2.18. The van der Waals surface area contributed by atoms with Crippen molar-refractivity contribution in [2.24, 2.45) is 5.10 Å². The number of H-pyrrole nitrogens is 1. The predicted octanol–water partition coefficient (Wildman–Crippen LogP) is 4.09. The molecule has 0 spiro atoms. The number of carbonyl (C=O) groups is 2. The molecule has 0 fully saturated rings. The Balaban J connectivity index is 1.47. The van der Waals surface area contributed by atoms with Gasteiger partial charge in [-0.1, -0.05) is 30.3 Å². The Hall–Kier alpha value is -4.79. The van der Waals surface area contributed by atoms with Gasteiger partial charge in [0.05, 0.1) is 22.4 Å². The summed E-state index contributed by atoms with van der Waals surface area (Å²) in [6, 6.07) is 19.4. The molecule has 4 rings (SSSR count). The van der Waals surface area contributed by atoms with Crippen LogP contribution in [-0.2, 0) is 0 Å². The van der Waals surface area contributed by atoms with Crippen LogP contribution < -0.4 is 10.7 Å². The Bertz CT molecular complexity index is 1340. The zero-order chi connectivity index (χ0) is 22.5. The van der Waals surface area contributed by atoms with Crippen LogP contribution in [0.5, 0.6) is 0 Å². The minimum atomic E-state index is -0.544. The number of rotatable bonds is 6. The molecule has 4 aromatic rings. The number of hydrazone groups is 1. The fourth-order valence-electron chi connectivity index (χ4n) is 3.14. The number of carbonyl (C=O) groups excluding carboxylic acids is 2. The lowest BCUT2D eigenvalue weighted by atomic mass is 10.1. The van der Waals surface area contributed by atoms with Crippen molar-refractivity contribution in [3.63, 3.8) is 0 Å². The number of nitrogens with one attached hydrogen (secondary N) is 3. The highest BCUT2D eigenvalue weighted by atomic mass is 16.6. The van der Waals surface area contributed by atoms with E-state index in [0.29, 0.717) is 0 Å². The van der Waals surface area contributed by atoms with E-state index in [4.69, 9.17) is 0 Å². The van der Waals surface area contributed by atoms with Crippen molar-refractivity contribution in [2.45, 2.75) is 0 Å². The molecule has 9 heteroatoms. The van der Waals surface area contributed by atoms with Gasteiger partial charge < -0.3 is 10.3 Å². The van der Waals surface area contributed by atoms with Crippen molar-refractivity contribution in [3.8, 4) is 0 Å². The molecule has 0 aliphatic heterocycles.